The van der Waals surface area contributed by atoms with Crippen molar-refractivity contribution < 1.29 is 0 Å². The van der Waals surface area contributed by atoms with E-state index in [-0.39, 0.29) is 0 Å². The second-order valence-corrected chi connectivity index (χ2v) is 5.20. The maximum Gasteiger partial charge on any atom is 0.0161 e. The standard InChI is InChI=1S/C14H21NS/c1-12(2)9-10-13(15-3)11-16-14-7-5-4-6-8-14/h4-8,13,15H,1,9-11H2,2-3H3. The first-order chi connectivity index (χ1) is 7.72. The average molecular weight is 235 g/mol. The Balaban J connectivity index is 2.31. The molecule has 2 heteroatoms. The zero-order chi connectivity index (χ0) is 11.8. The monoisotopic (exact) mass is 235 g/mol. The first-order valence-corrected chi connectivity index (χ1v) is 6.70. The van der Waals surface area contributed by atoms with Crippen LogP contribution in [-0.4, -0.2) is 18.8 Å². The highest BCUT2D eigenvalue weighted by atomic mass is 32.2. The van der Waals surface area contributed by atoms with Crippen molar-refractivity contribution >= 4 is 11.8 Å². The summed E-state index contributed by atoms with van der Waals surface area (Å²) < 4.78 is 0. The van der Waals surface area contributed by atoms with Crippen LogP contribution in [0.2, 0.25) is 0 Å². The van der Waals surface area contributed by atoms with Gasteiger partial charge in [-0.05, 0) is 38.9 Å². The predicted molar refractivity (Wildman–Crippen MR) is 74.1 cm³/mol. The smallest absolute Gasteiger partial charge is 0.0161 e. The molecular formula is C14H21NS. The zero-order valence-corrected chi connectivity index (χ0v) is 11.0. The Morgan fingerprint density at radius 3 is 2.62 bits per heavy atom. The summed E-state index contributed by atoms with van der Waals surface area (Å²) in [5.41, 5.74) is 1.27. The lowest BCUT2D eigenvalue weighted by molar-refractivity contribution is 0.571. The van der Waals surface area contributed by atoms with Crippen LogP contribution >= 0.6 is 11.8 Å². The minimum Gasteiger partial charge on any atom is -0.316 e. The molecule has 0 saturated carbocycles. The molecule has 0 bridgehead atoms. The number of thioether (sulfide) groups is 1. The van der Waals surface area contributed by atoms with Gasteiger partial charge in [0.25, 0.3) is 0 Å². The van der Waals surface area contributed by atoms with Crippen LogP contribution in [0.5, 0.6) is 0 Å². The molecule has 0 aliphatic rings. The molecule has 0 spiro atoms. The summed E-state index contributed by atoms with van der Waals surface area (Å²) in [6.45, 7) is 6.04. The van der Waals surface area contributed by atoms with Crippen molar-refractivity contribution in [2.24, 2.45) is 0 Å². The quantitative estimate of drug-likeness (QED) is 0.571. The Kier molecular flexibility index (Phi) is 6.27. The molecule has 0 fully saturated rings. The molecule has 1 atom stereocenters. The van der Waals surface area contributed by atoms with Gasteiger partial charge in [-0.3, -0.25) is 0 Å². The largest absolute Gasteiger partial charge is 0.316 e. The van der Waals surface area contributed by atoms with Gasteiger partial charge in [-0.25, -0.2) is 0 Å². The van der Waals surface area contributed by atoms with E-state index < -0.39 is 0 Å². The lowest BCUT2D eigenvalue weighted by atomic mass is 10.1. The van der Waals surface area contributed by atoms with Gasteiger partial charge >= 0.3 is 0 Å². The van der Waals surface area contributed by atoms with Crippen LogP contribution in [0.4, 0.5) is 0 Å². The molecule has 1 unspecified atom stereocenters. The SMILES string of the molecule is C=C(C)CCC(CSc1ccccc1)NC. The summed E-state index contributed by atoms with van der Waals surface area (Å²) in [6.07, 6.45) is 2.28. The lowest BCUT2D eigenvalue weighted by Gasteiger charge is -2.15. The van der Waals surface area contributed by atoms with Crippen molar-refractivity contribution in [2.75, 3.05) is 12.8 Å². The van der Waals surface area contributed by atoms with Crippen LogP contribution in [0.25, 0.3) is 0 Å². The molecule has 0 amide bonds. The molecule has 1 aromatic rings. The molecule has 0 aromatic heterocycles. The number of nitrogens with one attached hydrogen (secondary N) is 1. The van der Waals surface area contributed by atoms with Gasteiger partial charge in [0.05, 0.1) is 0 Å². The fourth-order valence-electron chi connectivity index (χ4n) is 1.45. The normalized spacial score (nSPS) is 12.4. The van der Waals surface area contributed by atoms with Crippen molar-refractivity contribution in [3.05, 3.63) is 42.5 Å². The van der Waals surface area contributed by atoms with E-state index in [2.05, 4.69) is 49.2 Å². The van der Waals surface area contributed by atoms with Gasteiger partial charge in [0.2, 0.25) is 0 Å². The molecule has 1 aromatic carbocycles. The molecule has 0 heterocycles. The third-order valence-electron chi connectivity index (χ3n) is 2.52. The van der Waals surface area contributed by atoms with Crippen LogP contribution in [0.15, 0.2) is 47.4 Å². The molecule has 1 N–H and O–H groups in total. The third kappa shape index (κ3) is 5.38. The molecule has 16 heavy (non-hydrogen) atoms. The fraction of sp³-hybridized carbons (Fsp3) is 0.429. The van der Waals surface area contributed by atoms with E-state index in [0.717, 1.165) is 12.2 Å². The summed E-state index contributed by atoms with van der Waals surface area (Å²) in [7, 11) is 2.04. The Labute approximate surface area is 103 Å². The van der Waals surface area contributed by atoms with Gasteiger partial charge in [-0.1, -0.05) is 23.8 Å². The second kappa shape index (κ2) is 7.53. The van der Waals surface area contributed by atoms with E-state index in [9.17, 15) is 0 Å². The van der Waals surface area contributed by atoms with Gasteiger partial charge in [0.15, 0.2) is 0 Å². The van der Waals surface area contributed by atoms with E-state index in [1.54, 1.807) is 0 Å². The van der Waals surface area contributed by atoms with Gasteiger partial charge in [0, 0.05) is 16.7 Å². The topological polar surface area (TPSA) is 12.0 Å². The number of rotatable bonds is 7. The Hall–Kier alpha value is -0.730. The van der Waals surface area contributed by atoms with E-state index in [0.29, 0.717) is 6.04 Å². The molecule has 1 nitrogen and oxygen atoms in total. The van der Waals surface area contributed by atoms with Crippen molar-refractivity contribution in [3.8, 4) is 0 Å². The van der Waals surface area contributed by atoms with Gasteiger partial charge < -0.3 is 5.32 Å². The van der Waals surface area contributed by atoms with Crippen LogP contribution in [0.3, 0.4) is 0 Å². The Morgan fingerprint density at radius 1 is 1.38 bits per heavy atom. The maximum atomic E-state index is 3.95. The summed E-state index contributed by atoms with van der Waals surface area (Å²) in [5.74, 6) is 1.12. The van der Waals surface area contributed by atoms with E-state index in [1.807, 2.05) is 18.8 Å². The summed E-state index contributed by atoms with van der Waals surface area (Å²) >= 11 is 1.91. The van der Waals surface area contributed by atoms with Gasteiger partial charge in [-0.2, -0.15) is 0 Å². The Morgan fingerprint density at radius 2 is 2.06 bits per heavy atom. The number of allylic oxidation sites excluding steroid dienone is 1. The van der Waals surface area contributed by atoms with E-state index in [4.69, 9.17) is 0 Å². The van der Waals surface area contributed by atoms with Crippen molar-refractivity contribution in [2.45, 2.75) is 30.7 Å². The number of hydrogen-bond donors (Lipinski definition) is 1. The molecule has 1 rings (SSSR count). The van der Waals surface area contributed by atoms with Crippen molar-refractivity contribution in [3.63, 3.8) is 0 Å². The summed E-state index contributed by atoms with van der Waals surface area (Å²) in [4.78, 5) is 1.35. The van der Waals surface area contributed by atoms with Crippen LogP contribution in [0, 0.1) is 0 Å². The minimum atomic E-state index is 0.571. The first-order valence-electron chi connectivity index (χ1n) is 5.72. The molecule has 0 radical (unpaired) electrons. The summed E-state index contributed by atoms with van der Waals surface area (Å²) in [5, 5.41) is 3.37. The van der Waals surface area contributed by atoms with Crippen molar-refractivity contribution in [1.29, 1.82) is 0 Å². The average Bonchev–Trinajstić information content (AvgIpc) is 2.30. The second-order valence-electron chi connectivity index (χ2n) is 4.11. The number of hydrogen-bond acceptors (Lipinski definition) is 2. The van der Waals surface area contributed by atoms with E-state index in [1.165, 1.54) is 16.9 Å². The molecule has 0 saturated heterocycles. The highest BCUT2D eigenvalue weighted by Crippen LogP contribution is 2.19. The molecule has 0 aliphatic carbocycles. The van der Waals surface area contributed by atoms with Crippen LogP contribution < -0.4 is 5.32 Å². The lowest BCUT2D eigenvalue weighted by Crippen LogP contribution is -2.27. The predicted octanol–water partition coefficient (Wildman–Crippen LogP) is 3.72. The van der Waals surface area contributed by atoms with E-state index >= 15 is 0 Å². The fourth-order valence-corrected chi connectivity index (χ4v) is 2.52. The molecule has 0 aliphatic heterocycles. The minimum absolute atomic E-state index is 0.571. The zero-order valence-electron chi connectivity index (χ0n) is 10.2. The van der Waals surface area contributed by atoms with Gasteiger partial charge in [-0.15, -0.1) is 18.3 Å². The third-order valence-corrected chi connectivity index (χ3v) is 3.70. The molecule has 88 valence electrons. The number of benzene rings is 1. The molecular weight excluding hydrogens is 214 g/mol. The van der Waals surface area contributed by atoms with Crippen LogP contribution in [-0.2, 0) is 0 Å². The first kappa shape index (κ1) is 13.3. The maximum absolute atomic E-state index is 3.95. The summed E-state index contributed by atoms with van der Waals surface area (Å²) in [6, 6.07) is 11.1. The van der Waals surface area contributed by atoms with Crippen LogP contribution in [0.1, 0.15) is 19.8 Å². The highest BCUT2D eigenvalue weighted by Gasteiger charge is 2.06. The van der Waals surface area contributed by atoms with Crippen molar-refractivity contribution in [1.82, 2.24) is 5.32 Å². The highest BCUT2D eigenvalue weighted by molar-refractivity contribution is 7.99. The van der Waals surface area contributed by atoms with Gasteiger partial charge in [0.1, 0.15) is 0 Å². The Bertz CT molecular complexity index is 308.